The Balaban J connectivity index is 2.13. The number of pyridine rings is 1. The smallest absolute Gasteiger partial charge is 0.0940 e. The van der Waals surface area contributed by atoms with Crippen molar-refractivity contribution in [3.8, 4) is 0 Å². The summed E-state index contributed by atoms with van der Waals surface area (Å²) in [4.78, 5) is 4.25. The van der Waals surface area contributed by atoms with Crippen LogP contribution in [0, 0.1) is 5.92 Å². The minimum atomic E-state index is -0.885. The van der Waals surface area contributed by atoms with Crippen LogP contribution < -0.4 is 0 Å². The molecule has 1 aliphatic heterocycles. The molecule has 1 saturated heterocycles. The lowest BCUT2D eigenvalue weighted by atomic mass is 9.81. The van der Waals surface area contributed by atoms with Crippen LogP contribution in [-0.4, -0.2) is 23.3 Å². The number of rotatable bonds is 2. The molecule has 1 N–H and O–H groups in total. The standard InChI is InChI=1S/C15H17NO2/c1-15(17,12-6-7-18-10-12)14-9-16-8-11-4-2-3-5-13(11)14/h2-5,8-9,12,17H,6-7,10H2,1H3. The van der Waals surface area contributed by atoms with Crippen LogP contribution in [0.25, 0.3) is 10.8 Å². The highest BCUT2D eigenvalue weighted by atomic mass is 16.5. The van der Waals surface area contributed by atoms with Crippen LogP contribution in [-0.2, 0) is 10.3 Å². The van der Waals surface area contributed by atoms with Crippen LogP contribution in [0.3, 0.4) is 0 Å². The molecule has 0 saturated carbocycles. The second-order valence-corrected chi connectivity index (χ2v) is 5.12. The van der Waals surface area contributed by atoms with Gasteiger partial charge in [-0.05, 0) is 18.7 Å². The van der Waals surface area contributed by atoms with Gasteiger partial charge in [0.05, 0.1) is 12.2 Å². The number of aliphatic hydroxyl groups is 1. The van der Waals surface area contributed by atoms with Crippen LogP contribution in [0.15, 0.2) is 36.7 Å². The third-order valence-electron chi connectivity index (χ3n) is 3.94. The first kappa shape index (κ1) is 11.6. The minimum absolute atomic E-state index is 0.144. The van der Waals surface area contributed by atoms with Gasteiger partial charge in [0.25, 0.3) is 0 Å². The highest BCUT2D eigenvalue weighted by Gasteiger charge is 2.37. The maximum absolute atomic E-state index is 10.9. The molecule has 2 aromatic rings. The first-order valence-corrected chi connectivity index (χ1v) is 6.33. The lowest BCUT2D eigenvalue weighted by Gasteiger charge is -2.30. The monoisotopic (exact) mass is 243 g/mol. The molecular weight excluding hydrogens is 226 g/mol. The van der Waals surface area contributed by atoms with Crippen molar-refractivity contribution < 1.29 is 9.84 Å². The molecule has 3 rings (SSSR count). The van der Waals surface area contributed by atoms with Gasteiger partial charge in [0, 0.05) is 35.9 Å². The predicted octanol–water partition coefficient (Wildman–Crippen LogP) is 2.48. The molecule has 1 aliphatic rings. The third kappa shape index (κ3) is 1.80. The summed E-state index contributed by atoms with van der Waals surface area (Å²) in [5.74, 6) is 0.144. The summed E-state index contributed by atoms with van der Waals surface area (Å²) in [6.45, 7) is 3.23. The average molecular weight is 243 g/mol. The van der Waals surface area contributed by atoms with Gasteiger partial charge in [0.2, 0.25) is 0 Å². The molecule has 18 heavy (non-hydrogen) atoms. The zero-order valence-corrected chi connectivity index (χ0v) is 10.5. The quantitative estimate of drug-likeness (QED) is 0.881. The highest BCUT2D eigenvalue weighted by Crippen LogP contribution is 2.37. The van der Waals surface area contributed by atoms with E-state index in [2.05, 4.69) is 4.98 Å². The summed E-state index contributed by atoms with van der Waals surface area (Å²) in [6.07, 6.45) is 4.51. The molecule has 3 nitrogen and oxygen atoms in total. The van der Waals surface area contributed by atoms with Gasteiger partial charge in [-0.2, -0.15) is 0 Å². The van der Waals surface area contributed by atoms with E-state index in [9.17, 15) is 5.11 Å². The number of fused-ring (bicyclic) bond motifs is 1. The molecule has 0 aliphatic carbocycles. The number of nitrogens with zero attached hydrogens (tertiary/aromatic N) is 1. The molecule has 2 unspecified atom stereocenters. The summed E-state index contributed by atoms with van der Waals surface area (Å²) < 4.78 is 5.40. The molecule has 0 radical (unpaired) electrons. The van der Waals surface area contributed by atoms with Crippen molar-refractivity contribution in [2.24, 2.45) is 5.92 Å². The normalized spacial score (nSPS) is 23.1. The van der Waals surface area contributed by atoms with Gasteiger partial charge in [0.1, 0.15) is 0 Å². The van der Waals surface area contributed by atoms with E-state index < -0.39 is 5.60 Å². The molecule has 1 aromatic heterocycles. The summed E-state index contributed by atoms with van der Waals surface area (Å²) in [7, 11) is 0. The number of hydrogen-bond acceptors (Lipinski definition) is 3. The lowest BCUT2D eigenvalue weighted by Crippen LogP contribution is -2.32. The summed E-state index contributed by atoms with van der Waals surface area (Å²) in [5, 5.41) is 13.0. The fourth-order valence-electron chi connectivity index (χ4n) is 2.72. The summed E-state index contributed by atoms with van der Waals surface area (Å²) >= 11 is 0. The Bertz CT molecular complexity index is 554. The van der Waals surface area contributed by atoms with Crippen molar-refractivity contribution in [1.82, 2.24) is 4.98 Å². The Hall–Kier alpha value is -1.45. The molecule has 2 heterocycles. The van der Waals surface area contributed by atoms with Gasteiger partial charge in [-0.15, -0.1) is 0 Å². The molecular formula is C15H17NO2. The van der Waals surface area contributed by atoms with E-state index in [-0.39, 0.29) is 5.92 Å². The molecule has 0 bridgehead atoms. The maximum Gasteiger partial charge on any atom is 0.0940 e. The zero-order valence-electron chi connectivity index (χ0n) is 10.5. The van der Waals surface area contributed by atoms with E-state index in [4.69, 9.17) is 4.74 Å². The zero-order chi connectivity index (χ0) is 12.6. The molecule has 2 atom stereocenters. The number of benzene rings is 1. The molecule has 3 heteroatoms. The fourth-order valence-corrected chi connectivity index (χ4v) is 2.72. The van der Waals surface area contributed by atoms with Gasteiger partial charge in [-0.3, -0.25) is 4.98 Å². The van der Waals surface area contributed by atoms with E-state index in [0.717, 1.165) is 29.4 Å². The van der Waals surface area contributed by atoms with Crippen molar-refractivity contribution in [2.45, 2.75) is 18.9 Å². The van der Waals surface area contributed by atoms with Crippen molar-refractivity contribution in [3.63, 3.8) is 0 Å². The van der Waals surface area contributed by atoms with Crippen molar-refractivity contribution in [3.05, 3.63) is 42.2 Å². The number of ether oxygens (including phenoxy) is 1. The first-order chi connectivity index (χ1) is 8.69. The number of aromatic nitrogens is 1. The maximum atomic E-state index is 10.9. The second kappa shape index (κ2) is 4.34. The van der Waals surface area contributed by atoms with Gasteiger partial charge < -0.3 is 9.84 Å². The Kier molecular flexibility index (Phi) is 2.80. The Labute approximate surface area is 106 Å². The summed E-state index contributed by atoms with van der Waals surface area (Å²) in [5.41, 5.74) is 0.0146. The lowest BCUT2D eigenvalue weighted by molar-refractivity contribution is -0.00866. The first-order valence-electron chi connectivity index (χ1n) is 6.33. The SMILES string of the molecule is CC(O)(c1cncc2ccccc12)C1CCOC1. The van der Waals surface area contributed by atoms with E-state index in [1.54, 1.807) is 6.20 Å². The van der Waals surface area contributed by atoms with E-state index in [1.807, 2.05) is 37.4 Å². The van der Waals surface area contributed by atoms with E-state index in [0.29, 0.717) is 6.61 Å². The second-order valence-electron chi connectivity index (χ2n) is 5.12. The van der Waals surface area contributed by atoms with Crippen LogP contribution in [0.2, 0.25) is 0 Å². The van der Waals surface area contributed by atoms with Crippen LogP contribution in [0.1, 0.15) is 18.9 Å². The van der Waals surface area contributed by atoms with Crippen LogP contribution in [0.5, 0.6) is 0 Å². The molecule has 1 fully saturated rings. The van der Waals surface area contributed by atoms with Crippen molar-refractivity contribution in [1.29, 1.82) is 0 Å². The van der Waals surface area contributed by atoms with Crippen LogP contribution >= 0.6 is 0 Å². The van der Waals surface area contributed by atoms with Gasteiger partial charge in [-0.25, -0.2) is 0 Å². The molecule has 1 aromatic carbocycles. The van der Waals surface area contributed by atoms with Crippen LogP contribution in [0.4, 0.5) is 0 Å². The van der Waals surface area contributed by atoms with E-state index >= 15 is 0 Å². The Morgan fingerprint density at radius 1 is 1.33 bits per heavy atom. The predicted molar refractivity (Wildman–Crippen MR) is 70.2 cm³/mol. The Morgan fingerprint density at radius 3 is 2.94 bits per heavy atom. The fraction of sp³-hybridized carbons (Fsp3) is 0.400. The average Bonchev–Trinajstić information content (AvgIpc) is 2.92. The van der Waals surface area contributed by atoms with Crippen molar-refractivity contribution in [2.75, 3.05) is 13.2 Å². The number of hydrogen-bond donors (Lipinski definition) is 1. The summed E-state index contributed by atoms with van der Waals surface area (Å²) in [6, 6.07) is 8.04. The highest BCUT2D eigenvalue weighted by molar-refractivity contribution is 5.85. The van der Waals surface area contributed by atoms with Crippen molar-refractivity contribution >= 4 is 10.8 Å². The molecule has 0 spiro atoms. The van der Waals surface area contributed by atoms with Gasteiger partial charge in [0.15, 0.2) is 0 Å². The minimum Gasteiger partial charge on any atom is -0.385 e. The van der Waals surface area contributed by atoms with E-state index in [1.165, 1.54) is 0 Å². The topological polar surface area (TPSA) is 42.4 Å². The largest absolute Gasteiger partial charge is 0.385 e. The molecule has 0 amide bonds. The molecule has 94 valence electrons. The Morgan fingerprint density at radius 2 is 2.17 bits per heavy atom. The van der Waals surface area contributed by atoms with Gasteiger partial charge in [-0.1, -0.05) is 24.3 Å². The van der Waals surface area contributed by atoms with Gasteiger partial charge >= 0.3 is 0 Å². The third-order valence-corrected chi connectivity index (χ3v) is 3.94.